The van der Waals surface area contributed by atoms with E-state index in [1.165, 1.54) is 25.3 Å². The SMILES string of the molecule is CC(=O)Oc1ccccc1/C=N\NC(=O)c1ccccc1O. The van der Waals surface area contributed by atoms with Crippen LogP contribution in [0.15, 0.2) is 53.6 Å². The van der Waals surface area contributed by atoms with Gasteiger partial charge in [0.05, 0.1) is 11.8 Å². The van der Waals surface area contributed by atoms with E-state index in [0.717, 1.165) is 0 Å². The van der Waals surface area contributed by atoms with E-state index in [2.05, 4.69) is 10.5 Å². The Kier molecular flexibility index (Phi) is 4.87. The van der Waals surface area contributed by atoms with Gasteiger partial charge in [-0.1, -0.05) is 24.3 Å². The predicted octanol–water partition coefficient (Wildman–Crippen LogP) is 2.08. The standard InChI is InChI=1S/C16H14N2O4/c1-11(19)22-15-9-5-2-6-12(15)10-17-18-16(21)13-7-3-4-8-14(13)20/h2-10,20H,1H3,(H,18,21)/b17-10-. The third-order valence-electron chi connectivity index (χ3n) is 2.69. The lowest BCUT2D eigenvalue weighted by Gasteiger charge is -2.05. The van der Waals surface area contributed by atoms with E-state index in [9.17, 15) is 14.7 Å². The molecular weight excluding hydrogens is 284 g/mol. The first-order valence-electron chi connectivity index (χ1n) is 6.47. The topological polar surface area (TPSA) is 88.0 Å². The van der Waals surface area contributed by atoms with Crippen LogP contribution in [-0.2, 0) is 4.79 Å². The van der Waals surface area contributed by atoms with Crippen LogP contribution in [0.5, 0.6) is 11.5 Å². The van der Waals surface area contributed by atoms with Gasteiger partial charge in [-0.05, 0) is 24.3 Å². The van der Waals surface area contributed by atoms with Crippen LogP contribution in [0, 0.1) is 0 Å². The fraction of sp³-hybridized carbons (Fsp3) is 0.0625. The normalized spacial score (nSPS) is 10.4. The van der Waals surface area contributed by atoms with Crippen molar-refractivity contribution in [3.05, 3.63) is 59.7 Å². The largest absolute Gasteiger partial charge is 0.507 e. The van der Waals surface area contributed by atoms with Gasteiger partial charge in [-0.15, -0.1) is 0 Å². The lowest BCUT2D eigenvalue weighted by Crippen LogP contribution is -2.17. The van der Waals surface area contributed by atoms with E-state index in [-0.39, 0.29) is 11.3 Å². The summed E-state index contributed by atoms with van der Waals surface area (Å²) in [5, 5.41) is 13.4. The molecule has 0 aromatic heterocycles. The Morgan fingerprint density at radius 1 is 1.14 bits per heavy atom. The van der Waals surface area contributed by atoms with Gasteiger partial charge >= 0.3 is 5.97 Å². The monoisotopic (exact) mass is 298 g/mol. The second-order valence-electron chi connectivity index (χ2n) is 4.35. The number of ether oxygens (including phenoxy) is 1. The van der Waals surface area contributed by atoms with Crippen molar-refractivity contribution in [1.82, 2.24) is 5.43 Å². The van der Waals surface area contributed by atoms with E-state index in [0.29, 0.717) is 11.3 Å². The summed E-state index contributed by atoms with van der Waals surface area (Å²) in [7, 11) is 0. The average molecular weight is 298 g/mol. The third kappa shape index (κ3) is 3.92. The highest BCUT2D eigenvalue weighted by Crippen LogP contribution is 2.16. The van der Waals surface area contributed by atoms with Gasteiger partial charge in [0.15, 0.2) is 0 Å². The van der Waals surface area contributed by atoms with Crippen LogP contribution in [0.4, 0.5) is 0 Å². The van der Waals surface area contributed by atoms with Crippen molar-refractivity contribution in [2.45, 2.75) is 6.92 Å². The molecule has 0 aliphatic carbocycles. The maximum atomic E-state index is 11.8. The highest BCUT2D eigenvalue weighted by atomic mass is 16.5. The van der Waals surface area contributed by atoms with Gasteiger partial charge < -0.3 is 9.84 Å². The van der Waals surface area contributed by atoms with Gasteiger partial charge in [-0.25, -0.2) is 5.43 Å². The molecule has 0 saturated heterocycles. The summed E-state index contributed by atoms with van der Waals surface area (Å²) < 4.78 is 5.02. The van der Waals surface area contributed by atoms with Crippen LogP contribution in [0.3, 0.4) is 0 Å². The molecule has 22 heavy (non-hydrogen) atoms. The molecule has 0 atom stereocenters. The molecule has 0 fully saturated rings. The van der Waals surface area contributed by atoms with Crippen LogP contribution in [0.25, 0.3) is 0 Å². The van der Waals surface area contributed by atoms with Crippen molar-refractivity contribution in [3.63, 3.8) is 0 Å². The van der Waals surface area contributed by atoms with Crippen LogP contribution in [-0.4, -0.2) is 23.2 Å². The molecule has 2 N–H and O–H groups in total. The Morgan fingerprint density at radius 3 is 2.55 bits per heavy atom. The van der Waals surface area contributed by atoms with Crippen molar-refractivity contribution in [3.8, 4) is 11.5 Å². The molecule has 2 aromatic rings. The Bertz CT molecular complexity index is 726. The second kappa shape index (κ2) is 7.03. The molecule has 6 heteroatoms. The molecule has 6 nitrogen and oxygen atoms in total. The number of benzene rings is 2. The number of phenolic OH excluding ortho intramolecular Hbond substituents is 1. The number of hydrogen-bond acceptors (Lipinski definition) is 5. The Hall–Kier alpha value is -3.15. The summed E-state index contributed by atoms with van der Waals surface area (Å²) in [5.74, 6) is -0.774. The van der Waals surface area contributed by atoms with E-state index >= 15 is 0 Å². The van der Waals surface area contributed by atoms with Crippen molar-refractivity contribution in [2.75, 3.05) is 0 Å². The van der Waals surface area contributed by atoms with E-state index < -0.39 is 11.9 Å². The van der Waals surface area contributed by atoms with Crippen LogP contribution in [0.1, 0.15) is 22.8 Å². The second-order valence-corrected chi connectivity index (χ2v) is 4.35. The number of carbonyl (C=O) groups is 2. The number of aromatic hydroxyl groups is 1. The van der Waals surface area contributed by atoms with Crippen LogP contribution < -0.4 is 10.2 Å². The van der Waals surface area contributed by atoms with Gasteiger partial charge in [-0.2, -0.15) is 5.10 Å². The van der Waals surface area contributed by atoms with Gasteiger partial charge in [0.25, 0.3) is 5.91 Å². The zero-order valence-electron chi connectivity index (χ0n) is 11.8. The number of esters is 1. The van der Waals surface area contributed by atoms with E-state index in [4.69, 9.17) is 4.74 Å². The number of para-hydroxylation sites is 2. The Labute approximate surface area is 127 Å². The van der Waals surface area contributed by atoms with Crippen LogP contribution >= 0.6 is 0 Å². The van der Waals surface area contributed by atoms with Crippen molar-refractivity contribution in [1.29, 1.82) is 0 Å². The molecule has 2 aromatic carbocycles. The molecule has 1 amide bonds. The van der Waals surface area contributed by atoms with Gasteiger partial charge in [0.2, 0.25) is 0 Å². The molecule has 112 valence electrons. The quantitative estimate of drug-likeness (QED) is 0.391. The molecule has 0 bridgehead atoms. The number of nitrogens with zero attached hydrogens (tertiary/aromatic N) is 1. The van der Waals surface area contributed by atoms with Crippen molar-refractivity contribution in [2.24, 2.45) is 5.10 Å². The smallest absolute Gasteiger partial charge is 0.308 e. The van der Waals surface area contributed by atoms with E-state index in [1.54, 1.807) is 36.4 Å². The van der Waals surface area contributed by atoms with Crippen molar-refractivity contribution < 1.29 is 19.4 Å². The molecule has 0 radical (unpaired) electrons. The highest BCUT2D eigenvalue weighted by Gasteiger charge is 2.09. The fourth-order valence-electron chi connectivity index (χ4n) is 1.72. The molecule has 0 spiro atoms. The number of hydrazone groups is 1. The zero-order valence-corrected chi connectivity index (χ0v) is 11.8. The molecule has 0 saturated carbocycles. The molecule has 0 aliphatic rings. The lowest BCUT2D eigenvalue weighted by molar-refractivity contribution is -0.131. The number of carbonyl (C=O) groups excluding carboxylic acids is 2. The lowest BCUT2D eigenvalue weighted by atomic mass is 10.2. The molecule has 0 aliphatic heterocycles. The fourth-order valence-corrected chi connectivity index (χ4v) is 1.72. The summed E-state index contributed by atoms with van der Waals surface area (Å²) in [6.07, 6.45) is 1.36. The number of amides is 1. The molecule has 0 heterocycles. The molecule has 2 rings (SSSR count). The molecular formula is C16H14N2O4. The number of hydrogen-bond donors (Lipinski definition) is 2. The summed E-state index contributed by atoms with van der Waals surface area (Å²) in [6, 6.07) is 12.9. The minimum absolute atomic E-state index is 0.118. The maximum absolute atomic E-state index is 11.8. The van der Waals surface area contributed by atoms with E-state index in [1.807, 2.05) is 0 Å². The number of rotatable bonds is 4. The van der Waals surface area contributed by atoms with Gasteiger partial charge in [-0.3, -0.25) is 9.59 Å². The predicted molar refractivity (Wildman–Crippen MR) is 80.9 cm³/mol. The van der Waals surface area contributed by atoms with Crippen LogP contribution in [0.2, 0.25) is 0 Å². The zero-order chi connectivity index (χ0) is 15.9. The summed E-state index contributed by atoms with van der Waals surface area (Å²) in [5.41, 5.74) is 2.95. The number of nitrogens with one attached hydrogen (secondary N) is 1. The minimum atomic E-state index is -0.542. The molecule has 0 unspecified atom stereocenters. The first-order chi connectivity index (χ1) is 10.6. The average Bonchev–Trinajstić information content (AvgIpc) is 2.49. The van der Waals surface area contributed by atoms with Crippen molar-refractivity contribution >= 4 is 18.1 Å². The maximum Gasteiger partial charge on any atom is 0.308 e. The Balaban J connectivity index is 2.09. The third-order valence-corrected chi connectivity index (χ3v) is 2.69. The summed E-state index contributed by atoms with van der Waals surface area (Å²) >= 11 is 0. The van der Waals surface area contributed by atoms with Gasteiger partial charge in [0.1, 0.15) is 11.5 Å². The first kappa shape index (κ1) is 15.2. The summed E-state index contributed by atoms with van der Waals surface area (Å²) in [4.78, 5) is 22.9. The summed E-state index contributed by atoms with van der Waals surface area (Å²) in [6.45, 7) is 1.30. The van der Waals surface area contributed by atoms with Gasteiger partial charge in [0, 0.05) is 12.5 Å². The number of phenols is 1. The highest BCUT2D eigenvalue weighted by molar-refractivity contribution is 5.97. The minimum Gasteiger partial charge on any atom is -0.507 e. The Morgan fingerprint density at radius 2 is 1.82 bits per heavy atom. The first-order valence-corrected chi connectivity index (χ1v) is 6.47.